The molecule has 12 heteroatoms. The Labute approximate surface area is 265 Å². The lowest BCUT2D eigenvalue weighted by molar-refractivity contribution is 0.0202. The molecule has 6 rings (SSSR count). The molecule has 0 bridgehead atoms. The molecule has 0 spiro atoms. The monoisotopic (exact) mass is 635 g/mol. The van der Waals surface area contributed by atoms with Gasteiger partial charge in [0.1, 0.15) is 29.6 Å². The Morgan fingerprint density at radius 2 is 1.98 bits per heavy atom. The number of carbonyl (C=O) groups excluding carboxylic acids is 1. The van der Waals surface area contributed by atoms with E-state index in [9.17, 15) is 14.7 Å². The van der Waals surface area contributed by atoms with Gasteiger partial charge in [0.2, 0.25) is 0 Å². The second-order valence-corrected chi connectivity index (χ2v) is 13.1. The number of amides is 1. The maximum atomic E-state index is 15.3. The summed E-state index contributed by atoms with van der Waals surface area (Å²) in [5, 5.41) is 11.3. The second-order valence-electron chi connectivity index (χ2n) is 12.7. The molecule has 45 heavy (non-hydrogen) atoms. The quantitative estimate of drug-likeness (QED) is 0.284. The molecule has 1 saturated heterocycles. The van der Waals surface area contributed by atoms with Crippen molar-refractivity contribution in [1.82, 2.24) is 19.4 Å². The van der Waals surface area contributed by atoms with Crippen LogP contribution >= 0.6 is 11.6 Å². The van der Waals surface area contributed by atoms with Crippen LogP contribution in [0.25, 0.3) is 27.7 Å². The molecule has 0 unspecified atom stereocenters. The van der Waals surface area contributed by atoms with Crippen molar-refractivity contribution in [1.29, 1.82) is 0 Å². The first-order valence-corrected chi connectivity index (χ1v) is 15.2. The summed E-state index contributed by atoms with van der Waals surface area (Å²) >= 11 is 7.01. The number of nitrogens with zero attached hydrogens (tertiary/aromatic N) is 5. The van der Waals surface area contributed by atoms with Crippen molar-refractivity contribution in [2.24, 2.45) is 0 Å². The molecular weight excluding hydrogens is 601 g/mol. The Bertz CT molecular complexity index is 1880. The Morgan fingerprint density at radius 3 is 2.67 bits per heavy atom. The van der Waals surface area contributed by atoms with Crippen LogP contribution in [0, 0.1) is 12.7 Å². The fourth-order valence-corrected chi connectivity index (χ4v) is 6.36. The number of carbonyl (C=O) groups is 1. The summed E-state index contributed by atoms with van der Waals surface area (Å²) in [7, 11) is 0. The van der Waals surface area contributed by atoms with Gasteiger partial charge in [-0.1, -0.05) is 31.5 Å². The number of piperazine rings is 1. The zero-order valence-electron chi connectivity index (χ0n) is 26.0. The van der Waals surface area contributed by atoms with E-state index in [0.29, 0.717) is 41.2 Å². The number of aryl methyl sites for hydroxylation is 1. The number of benzene rings is 2. The van der Waals surface area contributed by atoms with Crippen molar-refractivity contribution in [2.75, 3.05) is 31.1 Å². The van der Waals surface area contributed by atoms with E-state index in [4.69, 9.17) is 21.1 Å². The molecule has 4 heterocycles. The van der Waals surface area contributed by atoms with Crippen LogP contribution in [0.1, 0.15) is 51.8 Å². The maximum absolute atomic E-state index is 15.3. The Morgan fingerprint density at radius 1 is 1.22 bits per heavy atom. The highest BCUT2D eigenvalue weighted by Gasteiger charge is 2.38. The number of fused-ring (bicyclic) bond motifs is 2. The average molecular weight is 636 g/mol. The number of rotatable bonds is 3. The molecule has 1 N–H and O–H groups in total. The van der Waals surface area contributed by atoms with Crippen LogP contribution in [-0.2, 0) is 4.74 Å². The number of ether oxygens (including phenoxy) is 2. The Balaban J connectivity index is 1.63. The van der Waals surface area contributed by atoms with Gasteiger partial charge in [-0.05, 0) is 63.4 Å². The molecule has 1 atom stereocenters. The van der Waals surface area contributed by atoms with E-state index in [2.05, 4.69) is 9.97 Å². The minimum absolute atomic E-state index is 0.0411. The molecule has 4 aromatic rings. The van der Waals surface area contributed by atoms with Crippen LogP contribution in [0.4, 0.5) is 15.0 Å². The van der Waals surface area contributed by atoms with Crippen molar-refractivity contribution in [3.63, 3.8) is 0 Å². The van der Waals surface area contributed by atoms with Gasteiger partial charge in [0.15, 0.2) is 5.75 Å². The van der Waals surface area contributed by atoms with Crippen molar-refractivity contribution >= 4 is 34.4 Å². The predicted octanol–water partition coefficient (Wildman–Crippen LogP) is 6.20. The van der Waals surface area contributed by atoms with Crippen molar-refractivity contribution < 1.29 is 23.8 Å². The highest BCUT2D eigenvalue weighted by atomic mass is 35.5. The molecule has 0 radical (unpaired) electrons. The third kappa shape index (κ3) is 5.32. The summed E-state index contributed by atoms with van der Waals surface area (Å²) in [6.07, 6.45) is 1.25. The number of aromatic nitrogens is 3. The summed E-state index contributed by atoms with van der Waals surface area (Å²) in [4.78, 5) is 39.9. The number of halogens is 2. The highest BCUT2D eigenvalue weighted by Crippen LogP contribution is 2.48. The second kappa shape index (κ2) is 11.2. The van der Waals surface area contributed by atoms with Crippen molar-refractivity contribution in [3.05, 3.63) is 69.1 Å². The number of anilines is 1. The molecule has 0 saturated carbocycles. The third-order valence-corrected chi connectivity index (χ3v) is 8.44. The number of hydrogen-bond acceptors (Lipinski definition) is 8. The van der Waals surface area contributed by atoms with Gasteiger partial charge in [0, 0.05) is 31.4 Å². The van der Waals surface area contributed by atoms with Gasteiger partial charge in [-0.15, -0.1) is 0 Å². The van der Waals surface area contributed by atoms with Gasteiger partial charge in [-0.25, -0.2) is 14.0 Å². The summed E-state index contributed by atoms with van der Waals surface area (Å²) in [5.74, 6) is -0.488. The molecule has 2 aromatic heterocycles. The average Bonchev–Trinajstić information content (AvgIpc) is 3.12. The number of hydrogen-bond donors (Lipinski definition) is 1. The predicted molar refractivity (Wildman–Crippen MR) is 170 cm³/mol. The zero-order chi connectivity index (χ0) is 32.4. The molecule has 236 valence electrons. The lowest BCUT2D eigenvalue weighted by Crippen LogP contribution is -2.57. The van der Waals surface area contributed by atoms with Gasteiger partial charge < -0.3 is 24.4 Å². The molecule has 2 aromatic carbocycles. The fourth-order valence-electron chi connectivity index (χ4n) is 6.07. The van der Waals surface area contributed by atoms with Gasteiger partial charge in [0.05, 0.1) is 38.9 Å². The van der Waals surface area contributed by atoms with Crippen LogP contribution in [-0.4, -0.2) is 68.5 Å². The van der Waals surface area contributed by atoms with E-state index in [-0.39, 0.29) is 46.7 Å². The topological polar surface area (TPSA) is 110 Å². The van der Waals surface area contributed by atoms with E-state index in [1.165, 1.54) is 22.8 Å². The van der Waals surface area contributed by atoms with E-state index in [1.807, 2.05) is 52.5 Å². The van der Waals surface area contributed by atoms with Gasteiger partial charge in [-0.2, -0.15) is 4.98 Å². The Kier molecular flexibility index (Phi) is 7.63. The van der Waals surface area contributed by atoms with E-state index in [1.54, 1.807) is 17.2 Å². The first-order chi connectivity index (χ1) is 21.3. The van der Waals surface area contributed by atoms with Crippen molar-refractivity contribution in [2.45, 2.75) is 59.1 Å². The van der Waals surface area contributed by atoms with E-state index in [0.717, 1.165) is 5.56 Å². The molecule has 2 aliphatic heterocycles. The zero-order valence-corrected chi connectivity index (χ0v) is 26.8. The normalized spacial score (nSPS) is 16.4. The van der Waals surface area contributed by atoms with Crippen LogP contribution < -0.4 is 15.3 Å². The maximum Gasteiger partial charge on any atom is 0.410 e. The number of aromatic hydroxyl groups is 1. The lowest BCUT2D eigenvalue weighted by atomic mass is 9.99. The van der Waals surface area contributed by atoms with Crippen LogP contribution in [0.15, 0.2) is 41.3 Å². The number of phenols is 1. The number of pyridine rings is 1. The molecule has 10 nitrogen and oxygen atoms in total. The Hall–Kier alpha value is -4.38. The van der Waals surface area contributed by atoms with Gasteiger partial charge in [-0.3, -0.25) is 9.55 Å². The molecule has 1 amide bonds. The van der Waals surface area contributed by atoms with Gasteiger partial charge in [0.25, 0.3) is 0 Å². The molecular formula is C33H35ClFN5O5. The first-order valence-electron chi connectivity index (χ1n) is 14.9. The summed E-state index contributed by atoms with van der Waals surface area (Å²) in [6.45, 7) is 12.3. The van der Waals surface area contributed by atoms with Crippen LogP contribution in [0.3, 0.4) is 0 Å². The van der Waals surface area contributed by atoms with Crippen LogP contribution in [0.5, 0.6) is 11.5 Å². The smallest absolute Gasteiger partial charge is 0.410 e. The molecule has 0 aliphatic carbocycles. The van der Waals surface area contributed by atoms with Crippen LogP contribution in [0.2, 0.25) is 5.02 Å². The number of phenolic OH excluding ortho intramolecular Hbond substituents is 1. The van der Waals surface area contributed by atoms with Crippen molar-refractivity contribution in [3.8, 4) is 28.3 Å². The standard InChI is InChI=1S/C33H35ClFN5O5/c1-17(2)27-28(18(3)10-11-36-27)40-22-14-20(24-21(35)8-7-9-23(24)41)26(34)29-25(22)30(37-31(40)42)39-13-12-38(15-19(39)16-44-29)32(43)45-33(4,5)6/h7-11,14,17,19,41H,12-13,15-16H2,1-6H3/t19-/m1/s1. The fraction of sp³-hybridized carbons (Fsp3) is 0.394. The molecule has 2 aliphatic rings. The minimum Gasteiger partial charge on any atom is -0.507 e. The SMILES string of the molecule is Cc1ccnc(C(C)C)c1-n1c(=O)nc2c3c(c(Cl)c(-c4c(O)cccc4F)cc31)OC[C@H]1CN(C(=O)OC(C)(C)C)CCN21. The third-order valence-electron chi connectivity index (χ3n) is 8.07. The van der Waals surface area contributed by atoms with E-state index >= 15 is 4.39 Å². The lowest BCUT2D eigenvalue weighted by Gasteiger charge is -2.41. The van der Waals surface area contributed by atoms with Gasteiger partial charge >= 0.3 is 11.8 Å². The first kappa shape index (κ1) is 30.6. The highest BCUT2D eigenvalue weighted by molar-refractivity contribution is 6.36. The minimum atomic E-state index is -0.689. The summed E-state index contributed by atoms with van der Waals surface area (Å²) in [6, 6.07) is 7.02. The summed E-state index contributed by atoms with van der Waals surface area (Å²) in [5.41, 5.74) is 1.21. The largest absolute Gasteiger partial charge is 0.507 e. The molecule has 1 fully saturated rings. The van der Waals surface area contributed by atoms with E-state index < -0.39 is 29.2 Å². The summed E-state index contributed by atoms with van der Waals surface area (Å²) < 4.78 is 28.8.